The lowest BCUT2D eigenvalue weighted by Crippen LogP contribution is -2.13. The van der Waals surface area contributed by atoms with E-state index in [1.807, 2.05) is 0 Å². The molecule has 1 N–H and O–H groups in total. The van der Waals surface area contributed by atoms with Crippen LogP contribution in [0, 0.1) is 6.92 Å². The molecule has 0 aliphatic carbocycles. The van der Waals surface area contributed by atoms with E-state index in [2.05, 4.69) is 41.5 Å². The van der Waals surface area contributed by atoms with Crippen LogP contribution in [-0.2, 0) is 11.8 Å². The Morgan fingerprint density at radius 1 is 1.07 bits per heavy atom. The fourth-order valence-electron chi connectivity index (χ4n) is 2.54. The molecule has 1 aromatic heterocycles. The van der Waals surface area contributed by atoms with Gasteiger partial charge < -0.3 is 9.88 Å². The van der Waals surface area contributed by atoms with Crippen molar-refractivity contribution in [3.63, 3.8) is 0 Å². The number of benzene rings is 2. The standard InChI is InChI=1S/C21H21N3O2S/c1-15-3-9-18(10-4-15)27-14-11-19(25)23-17-7-5-16(6-8-17)20(26)21-22-12-13-24(21)2/h3-10,12-13H,11,14H2,1-2H3,(H,23,25). The van der Waals surface area contributed by atoms with Crippen molar-refractivity contribution in [2.75, 3.05) is 11.1 Å². The Labute approximate surface area is 162 Å². The smallest absolute Gasteiger partial charge is 0.228 e. The SMILES string of the molecule is Cc1ccc(SCCC(=O)Nc2ccc(C(=O)c3nccn3C)cc2)cc1. The highest BCUT2D eigenvalue weighted by atomic mass is 32.2. The zero-order valence-electron chi connectivity index (χ0n) is 15.3. The Morgan fingerprint density at radius 2 is 1.78 bits per heavy atom. The third kappa shape index (κ3) is 5.08. The highest BCUT2D eigenvalue weighted by Crippen LogP contribution is 2.19. The van der Waals surface area contributed by atoms with Gasteiger partial charge in [-0.2, -0.15) is 0 Å². The van der Waals surface area contributed by atoms with Gasteiger partial charge in [-0.1, -0.05) is 17.7 Å². The zero-order valence-corrected chi connectivity index (χ0v) is 16.1. The molecule has 0 unspecified atom stereocenters. The van der Waals surface area contributed by atoms with Crippen LogP contribution in [0.1, 0.15) is 28.2 Å². The van der Waals surface area contributed by atoms with Gasteiger partial charge in [0.2, 0.25) is 11.7 Å². The number of rotatable bonds is 7. The maximum absolute atomic E-state index is 12.4. The Bertz CT molecular complexity index is 931. The van der Waals surface area contributed by atoms with E-state index >= 15 is 0 Å². The molecule has 27 heavy (non-hydrogen) atoms. The van der Waals surface area contributed by atoms with Gasteiger partial charge >= 0.3 is 0 Å². The number of hydrogen-bond acceptors (Lipinski definition) is 4. The number of aromatic nitrogens is 2. The van der Waals surface area contributed by atoms with E-state index in [0.29, 0.717) is 29.2 Å². The van der Waals surface area contributed by atoms with Crippen molar-refractivity contribution < 1.29 is 9.59 Å². The summed E-state index contributed by atoms with van der Waals surface area (Å²) in [6.07, 6.45) is 3.75. The molecule has 1 heterocycles. The van der Waals surface area contributed by atoms with Crippen molar-refractivity contribution >= 4 is 29.1 Å². The molecule has 0 bridgehead atoms. The van der Waals surface area contributed by atoms with Crippen molar-refractivity contribution in [3.05, 3.63) is 77.9 Å². The Hall–Kier alpha value is -2.86. The van der Waals surface area contributed by atoms with Crippen molar-refractivity contribution in [3.8, 4) is 0 Å². The summed E-state index contributed by atoms with van der Waals surface area (Å²) in [5.41, 5.74) is 2.44. The Morgan fingerprint density at radius 3 is 2.41 bits per heavy atom. The molecule has 0 saturated carbocycles. The van der Waals surface area contributed by atoms with Crippen LogP contribution in [0.5, 0.6) is 0 Å². The molecular formula is C21H21N3O2S. The molecule has 0 fully saturated rings. The van der Waals surface area contributed by atoms with Crippen molar-refractivity contribution in [1.82, 2.24) is 9.55 Å². The molecule has 0 spiro atoms. The second kappa shape index (κ2) is 8.68. The second-order valence-corrected chi connectivity index (χ2v) is 7.40. The molecule has 2 aromatic carbocycles. The van der Waals surface area contributed by atoms with E-state index in [4.69, 9.17) is 0 Å². The van der Waals surface area contributed by atoms with Crippen LogP contribution in [0.25, 0.3) is 0 Å². The Kier molecular flexibility index (Phi) is 6.08. The van der Waals surface area contributed by atoms with Crippen LogP contribution < -0.4 is 5.32 Å². The first-order chi connectivity index (χ1) is 13.0. The fraction of sp³-hybridized carbons (Fsp3) is 0.190. The first-order valence-electron chi connectivity index (χ1n) is 8.64. The van der Waals surface area contributed by atoms with Crippen molar-refractivity contribution in [2.45, 2.75) is 18.2 Å². The van der Waals surface area contributed by atoms with Crippen molar-refractivity contribution in [1.29, 1.82) is 0 Å². The number of nitrogens with zero attached hydrogens (tertiary/aromatic N) is 2. The van der Waals surface area contributed by atoms with Crippen molar-refractivity contribution in [2.24, 2.45) is 7.05 Å². The first-order valence-corrected chi connectivity index (χ1v) is 9.63. The maximum Gasteiger partial charge on any atom is 0.228 e. The van der Waals surface area contributed by atoms with Crippen LogP contribution in [0.15, 0.2) is 65.8 Å². The molecule has 1 amide bonds. The molecular weight excluding hydrogens is 358 g/mol. The minimum absolute atomic E-state index is 0.0437. The third-order valence-corrected chi connectivity index (χ3v) is 5.09. The summed E-state index contributed by atoms with van der Waals surface area (Å²) in [5.74, 6) is 0.914. The number of amides is 1. The van der Waals surface area contributed by atoms with Gasteiger partial charge in [0.25, 0.3) is 0 Å². The quantitative estimate of drug-likeness (QED) is 0.496. The van der Waals surface area contributed by atoms with Crippen LogP contribution in [0.2, 0.25) is 0 Å². The molecule has 0 atom stereocenters. The number of thioether (sulfide) groups is 1. The average Bonchev–Trinajstić information content (AvgIpc) is 3.09. The number of hydrogen-bond donors (Lipinski definition) is 1. The van der Waals surface area contributed by atoms with Gasteiger partial charge in [-0.25, -0.2) is 4.98 Å². The van der Waals surface area contributed by atoms with Gasteiger partial charge in [0.15, 0.2) is 5.82 Å². The molecule has 138 valence electrons. The summed E-state index contributed by atoms with van der Waals surface area (Å²) in [6.45, 7) is 2.05. The molecule has 3 aromatic rings. The monoisotopic (exact) mass is 379 g/mol. The summed E-state index contributed by atoms with van der Waals surface area (Å²) in [7, 11) is 1.78. The number of carbonyl (C=O) groups is 2. The minimum Gasteiger partial charge on any atom is -0.331 e. The second-order valence-electron chi connectivity index (χ2n) is 6.23. The number of nitrogens with one attached hydrogen (secondary N) is 1. The normalized spacial score (nSPS) is 10.6. The zero-order chi connectivity index (χ0) is 19.2. The average molecular weight is 379 g/mol. The topological polar surface area (TPSA) is 64.0 Å². The summed E-state index contributed by atoms with van der Waals surface area (Å²) >= 11 is 1.66. The van der Waals surface area contributed by atoms with Crippen LogP contribution >= 0.6 is 11.8 Å². The lowest BCUT2D eigenvalue weighted by molar-refractivity contribution is -0.115. The molecule has 3 rings (SSSR count). The fourth-order valence-corrected chi connectivity index (χ4v) is 3.39. The van der Waals surface area contributed by atoms with Gasteiger partial charge in [0.1, 0.15) is 0 Å². The number of aryl methyl sites for hydroxylation is 2. The van der Waals surface area contributed by atoms with E-state index in [1.54, 1.807) is 60.0 Å². The lowest BCUT2D eigenvalue weighted by Gasteiger charge is -2.07. The maximum atomic E-state index is 12.4. The summed E-state index contributed by atoms with van der Waals surface area (Å²) < 4.78 is 1.68. The van der Waals surface area contributed by atoms with Gasteiger partial charge in [-0.15, -0.1) is 11.8 Å². The van der Waals surface area contributed by atoms with Crippen LogP contribution in [-0.4, -0.2) is 27.0 Å². The van der Waals surface area contributed by atoms with Gasteiger partial charge in [0.05, 0.1) is 0 Å². The number of imidazole rings is 1. The number of anilines is 1. The minimum atomic E-state index is -0.144. The predicted octanol–water partition coefficient (Wildman–Crippen LogP) is 4.08. The van der Waals surface area contributed by atoms with Gasteiger partial charge in [-0.05, 0) is 43.3 Å². The van der Waals surface area contributed by atoms with E-state index in [-0.39, 0.29) is 11.7 Å². The van der Waals surface area contributed by atoms with E-state index in [1.165, 1.54) is 5.56 Å². The van der Waals surface area contributed by atoms with Gasteiger partial charge in [0, 0.05) is 47.8 Å². The number of ketones is 1. The van der Waals surface area contributed by atoms with Crippen LogP contribution in [0.4, 0.5) is 5.69 Å². The molecule has 0 aliphatic heterocycles. The summed E-state index contributed by atoms with van der Waals surface area (Å²) in [4.78, 5) is 29.7. The van der Waals surface area contributed by atoms with Gasteiger partial charge in [-0.3, -0.25) is 9.59 Å². The molecule has 6 heteroatoms. The largest absolute Gasteiger partial charge is 0.331 e. The first kappa shape index (κ1) is 18.9. The summed E-state index contributed by atoms with van der Waals surface area (Å²) in [5, 5.41) is 2.87. The van der Waals surface area contributed by atoms with E-state index in [0.717, 1.165) is 4.90 Å². The molecule has 0 radical (unpaired) electrons. The van der Waals surface area contributed by atoms with Crippen LogP contribution in [0.3, 0.4) is 0 Å². The molecule has 0 saturated heterocycles. The molecule has 5 nitrogen and oxygen atoms in total. The third-order valence-electron chi connectivity index (χ3n) is 4.07. The van der Waals surface area contributed by atoms with E-state index < -0.39 is 0 Å². The highest BCUT2D eigenvalue weighted by molar-refractivity contribution is 7.99. The molecule has 0 aliphatic rings. The number of carbonyl (C=O) groups excluding carboxylic acids is 2. The highest BCUT2D eigenvalue weighted by Gasteiger charge is 2.13. The lowest BCUT2D eigenvalue weighted by atomic mass is 10.1. The van der Waals surface area contributed by atoms with E-state index in [9.17, 15) is 9.59 Å². The summed E-state index contributed by atoms with van der Waals surface area (Å²) in [6, 6.07) is 15.1. The Balaban J connectivity index is 1.50. The predicted molar refractivity (Wildman–Crippen MR) is 108 cm³/mol.